The Morgan fingerprint density at radius 2 is 1.62 bits per heavy atom. The number of carbonyl (C=O) groups is 4. The van der Waals surface area contributed by atoms with Crippen LogP contribution in [0.4, 0.5) is 0 Å². The molecule has 47 heavy (non-hydrogen) atoms. The molecular weight excluding hydrogens is 618 g/mol. The number of carbonyl (C=O) groups excluding carboxylic acids is 4. The summed E-state index contributed by atoms with van der Waals surface area (Å²) in [7, 11) is 1.37. The average Bonchev–Trinajstić information content (AvgIpc) is 3.39. The van der Waals surface area contributed by atoms with Gasteiger partial charge in [-0.3, -0.25) is 14.4 Å². The zero-order valence-corrected chi connectivity index (χ0v) is 25.4. The minimum Gasteiger partial charge on any atom is -0.507 e. The molecule has 3 unspecified atom stereocenters. The topological polar surface area (TPSA) is 200 Å². The van der Waals surface area contributed by atoms with Crippen LogP contribution >= 0.6 is 0 Å². The Morgan fingerprint density at radius 1 is 0.894 bits per heavy atom. The van der Waals surface area contributed by atoms with Gasteiger partial charge in [0.15, 0.2) is 17.9 Å². The van der Waals surface area contributed by atoms with Crippen LogP contribution < -0.4 is 9.57 Å². The summed E-state index contributed by atoms with van der Waals surface area (Å²) in [6, 6.07) is 6.87. The molecule has 2 aromatic carbocycles. The van der Waals surface area contributed by atoms with E-state index < -0.39 is 60.0 Å². The van der Waals surface area contributed by atoms with Gasteiger partial charge in [-0.2, -0.15) is 0 Å². The van der Waals surface area contributed by atoms with Crippen LogP contribution in [-0.4, -0.2) is 87.8 Å². The van der Waals surface area contributed by atoms with Gasteiger partial charge in [0, 0.05) is 34.7 Å². The highest BCUT2D eigenvalue weighted by molar-refractivity contribution is 6.31. The normalized spacial score (nSPS) is 20.2. The summed E-state index contributed by atoms with van der Waals surface area (Å²) < 4.78 is 22.9. The monoisotopic (exact) mass is 651 g/mol. The number of ether oxygens (including phenoxy) is 4. The van der Waals surface area contributed by atoms with Crippen LogP contribution in [0.5, 0.6) is 29.0 Å². The number of Topliss-reactive ketones (excluding diaryl/α,β-unsaturated/α-hetero) is 1. The smallest absolute Gasteiger partial charge is 0.358 e. The van der Waals surface area contributed by atoms with Crippen LogP contribution in [0, 0.1) is 5.92 Å². The predicted molar refractivity (Wildman–Crippen MR) is 159 cm³/mol. The minimum absolute atomic E-state index is 0.0273. The van der Waals surface area contributed by atoms with E-state index >= 15 is 0 Å². The highest BCUT2D eigenvalue weighted by atomic mass is 16.7. The van der Waals surface area contributed by atoms with E-state index in [2.05, 4.69) is 0 Å². The molecule has 3 aliphatic rings. The highest BCUT2D eigenvalue weighted by Crippen LogP contribution is 2.47. The van der Waals surface area contributed by atoms with Crippen molar-refractivity contribution < 1.29 is 63.4 Å². The lowest BCUT2D eigenvalue weighted by Crippen LogP contribution is -2.36. The Balaban J connectivity index is 1.05. The largest absolute Gasteiger partial charge is 0.507 e. The van der Waals surface area contributed by atoms with Crippen LogP contribution in [0.15, 0.2) is 30.3 Å². The fourth-order valence-corrected chi connectivity index (χ4v) is 6.38. The number of ketones is 3. The van der Waals surface area contributed by atoms with E-state index in [1.807, 2.05) is 0 Å². The maximum absolute atomic E-state index is 13.5. The molecule has 3 aromatic rings. The molecule has 14 heteroatoms. The van der Waals surface area contributed by atoms with Crippen molar-refractivity contribution >= 4 is 23.3 Å². The summed E-state index contributed by atoms with van der Waals surface area (Å²) in [4.78, 5) is 56.9. The molecule has 1 saturated heterocycles. The number of aromatic nitrogens is 1. The van der Waals surface area contributed by atoms with E-state index in [0.717, 1.165) is 18.6 Å². The van der Waals surface area contributed by atoms with Gasteiger partial charge in [0.05, 0.1) is 36.5 Å². The van der Waals surface area contributed by atoms with Gasteiger partial charge in [0.2, 0.25) is 17.5 Å². The first-order valence-electron chi connectivity index (χ1n) is 15.1. The molecule has 0 saturated carbocycles. The lowest BCUT2D eigenvalue weighted by molar-refractivity contribution is -0.206. The maximum Gasteiger partial charge on any atom is 0.358 e. The van der Waals surface area contributed by atoms with E-state index in [1.54, 1.807) is 12.1 Å². The molecule has 1 aromatic heterocycles. The van der Waals surface area contributed by atoms with Crippen molar-refractivity contribution in [1.29, 1.82) is 0 Å². The number of hydrogen-bond acceptors (Lipinski definition) is 13. The molecule has 1 fully saturated rings. The van der Waals surface area contributed by atoms with E-state index in [9.17, 15) is 39.6 Å². The molecule has 4 N–H and O–H groups in total. The average molecular weight is 652 g/mol. The Labute approximate surface area is 267 Å². The highest BCUT2D eigenvalue weighted by Gasteiger charge is 2.41. The summed E-state index contributed by atoms with van der Waals surface area (Å²) >= 11 is 0. The Kier molecular flexibility index (Phi) is 8.90. The number of benzene rings is 2. The van der Waals surface area contributed by atoms with Crippen molar-refractivity contribution in [1.82, 2.24) is 4.73 Å². The molecule has 0 spiro atoms. The van der Waals surface area contributed by atoms with Gasteiger partial charge in [-0.05, 0) is 44.6 Å². The predicted octanol–water partition coefficient (Wildman–Crippen LogP) is 2.35. The van der Waals surface area contributed by atoms with Gasteiger partial charge in [-0.15, -0.1) is 4.73 Å². The van der Waals surface area contributed by atoms with Crippen molar-refractivity contribution in [2.24, 2.45) is 5.92 Å². The lowest BCUT2D eigenvalue weighted by Gasteiger charge is -2.31. The number of hydrogen-bond donors (Lipinski definition) is 4. The number of nitrogens with zero attached hydrogens (tertiary/aromatic N) is 1. The molecule has 6 rings (SSSR count). The van der Waals surface area contributed by atoms with E-state index in [1.165, 1.54) is 13.2 Å². The zero-order chi connectivity index (χ0) is 33.4. The molecule has 1 aliphatic heterocycles. The minimum atomic E-state index is -0.851. The second-order valence-corrected chi connectivity index (χ2v) is 11.6. The molecule has 14 nitrogen and oxygen atoms in total. The van der Waals surface area contributed by atoms with Crippen LogP contribution in [0.3, 0.4) is 0 Å². The standard InChI is InChI=1S/C33H33NO13/c1-43-22-6-3-5-19-27(22)33(42)29-28(31(19)40)32(41)20-12-16(8-9-18(20)30(29)39)21(35)14-45-26-7-2-4-17(46-26)13-44-15-25(38)47-34-23(36)10-11-24(34)37/h3,5-6,10-11,16-17,26,36-37,39,41H,2,4,7-9,12-15H2,1H3. The van der Waals surface area contributed by atoms with Gasteiger partial charge in [-0.1, -0.05) is 12.1 Å². The Morgan fingerprint density at radius 3 is 2.36 bits per heavy atom. The molecule has 0 bridgehead atoms. The van der Waals surface area contributed by atoms with Crippen LogP contribution in [0.1, 0.15) is 68.7 Å². The summed E-state index contributed by atoms with van der Waals surface area (Å²) in [5.74, 6) is -4.41. The number of rotatable bonds is 10. The van der Waals surface area contributed by atoms with Crippen LogP contribution in [0.2, 0.25) is 0 Å². The number of fused-ring (bicyclic) bond motifs is 3. The first-order chi connectivity index (χ1) is 22.6. The number of phenols is 2. The quantitative estimate of drug-likeness (QED) is 0.182. The first-order valence-corrected chi connectivity index (χ1v) is 15.1. The number of aromatic hydroxyl groups is 4. The summed E-state index contributed by atoms with van der Waals surface area (Å²) in [6.07, 6.45) is 1.36. The van der Waals surface area contributed by atoms with Crippen LogP contribution in [0.25, 0.3) is 0 Å². The first kappa shape index (κ1) is 32.0. The second kappa shape index (κ2) is 13.1. The van der Waals surface area contributed by atoms with Crippen LogP contribution in [-0.2, 0) is 36.6 Å². The fraction of sp³-hybridized carbons (Fsp3) is 0.394. The van der Waals surface area contributed by atoms with Gasteiger partial charge in [0.25, 0.3) is 0 Å². The van der Waals surface area contributed by atoms with Crippen molar-refractivity contribution in [2.75, 3.05) is 26.9 Å². The molecule has 2 heterocycles. The van der Waals surface area contributed by atoms with Gasteiger partial charge < -0.3 is 44.2 Å². The third kappa shape index (κ3) is 6.02. The van der Waals surface area contributed by atoms with Crippen molar-refractivity contribution in [3.8, 4) is 29.0 Å². The fourth-order valence-electron chi connectivity index (χ4n) is 6.38. The van der Waals surface area contributed by atoms with Gasteiger partial charge >= 0.3 is 5.97 Å². The SMILES string of the molecule is COc1cccc2c1C(=O)c1c(O)c3c(c(O)c1C2=O)CC(C(=O)COC1CCCC(COCC(=O)On2c(O)ccc2O)O1)CC3. The summed E-state index contributed by atoms with van der Waals surface area (Å²) in [5, 5.41) is 41.6. The number of methoxy groups -OCH3 is 1. The van der Waals surface area contributed by atoms with E-state index in [4.69, 9.17) is 23.8 Å². The third-order valence-electron chi connectivity index (χ3n) is 8.72. The number of phenolic OH excluding ortho intramolecular Hbond substituents is 2. The molecule has 0 radical (unpaired) electrons. The van der Waals surface area contributed by atoms with Gasteiger partial charge in [-0.25, -0.2) is 4.79 Å². The zero-order valence-electron chi connectivity index (χ0n) is 25.4. The molecule has 3 atom stereocenters. The molecule has 0 amide bonds. The van der Waals surface area contributed by atoms with Crippen molar-refractivity contribution in [3.63, 3.8) is 0 Å². The Hall–Kier alpha value is -4.92. The van der Waals surface area contributed by atoms with E-state index in [0.29, 0.717) is 29.6 Å². The molecule has 248 valence electrons. The lowest BCUT2D eigenvalue weighted by atomic mass is 9.75. The molecule has 2 aliphatic carbocycles. The van der Waals surface area contributed by atoms with E-state index in [-0.39, 0.29) is 71.2 Å². The third-order valence-corrected chi connectivity index (χ3v) is 8.72. The summed E-state index contributed by atoms with van der Waals surface area (Å²) in [6.45, 7) is -0.690. The maximum atomic E-state index is 13.5. The van der Waals surface area contributed by atoms with Gasteiger partial charge in [0.1, 0.15) is 30.5 Å². The van der Waals surface area contributed by atoms with Crippen molar-refractivity contribution in [3.05, 3.63) is 63.7 Å². The Bertz CT molecular complexity index is 1740. The van der Waals surface area contributed by atoms with Crippen molar-refractivity contribution in [2.45, 2.75) is 50.9 Å². The second-order valence-electron chi connectivity index (χ2n) is 11.6. The molecular formula is C33H33NO13. The summed E-state index contributed by atoms with van der Waals surface area (Å²) in [5.41, 5.74) is 0.122.